The zero-order valence-corrected chi connectivity index (χ0v) is 7.75. The van der Waals surface area contributed by atoms with E-state index in [0.717, 1.165) is 11.3 Å². The van der Waals surface area contributed by atoms with E-state index in [0.29, 0.717) is 5.76 Å². The van der Waals surface area contributed by atoms with Gasteiger partial charge in [0.25, 0.3) is 6.01 Å². The molecule has 0 atom stereocenters. The summed E-state index contributed by atoms with van der Waals surface area (Å²) < 4.78 is 17.4. The lowest BCUT2D eigenvalue weighted by Crippen LogP contribution is -1.86. The van der Waals surface area contributed by atoms with Gasteiger partial charge in [-0.05, 0) is 30.3 Å². The van der Waals surface area contributed by atoms with Crippen molar-refractivity contribution in [3.05, 3.63) is 42.4 Å². The van der Waals surface area contributed by atoms with E-state index in [1.54, 1.807) is 6.07 Å². The minimum absolute atomic E-state index is 0.546. The number of hydrogen-bond acceptors (Lipinski definition) is 2. The number of nitrogens with one attached hydrogen (secondary N) is 1. The monoisotopic (exact) mass is 191 g/mol. The van der Waals surface area contributed by atoms with Crippen molar-refractivity contribution >= 4 is 5.69 Å². The Morgan fingerprint density at radius 3 is 2.29 bits per heavy atom. The summed E-state index contributed by atoms with van der Waals surface area (Å²) in [5, 5.41) is 3.01. The van der Waals surface area contributed by atoms with E-state index in [1.807, 2.05) is 31.3 Å². The molecule has 0 fully saturated rings. The molecule has 0 aliphatic heterocycles. The second kappa shape index (κ2) is 3.54. The number of hydrogen-bond donors (Lipinski definition) is 1. The fourth-order valence-corrected chi connectivity index (χ4v) is 1.27. The summed E-state index contributed by atoms with van der Waals surface area (Å²) >= 11 is 0. The molecular weight excluding hydrogens is 181 g/mol. The Bertz CT molecular complexity index is 419. The fourth-order valence-electron chi connectivity index (χ4n) is 1.27. The van der Waals surface area contributed by atoms with Crippen molar-refractivity contribution in [3.8, 4) is 11.3 Å². The average molecular weight is 191 g/mol. The highest BCUT2D eigenvalue weighted by molar-refractivity contribution is 5.61. The summed E-state index contributed by atoms with van der Waals surface area (Å²) in [5.74, 6) is 0.546. The lowest BCUT2D eigenvalue weighted by molar-refractivity contribution is 0.367. The van der Waals surface area contributed by atoms with Gasteiger partial charge in [-0.15, -0.1) is 0 Å². The molecule has 0 unspecified atom stereocenters. The smallest absolute Gasteiger partial charge is 0.278 e. The normalized spacial score (nSPS) is 10.1. The summed E-state index contributed by atoms with van der Waals surface area (Å²) in [7, 11) is 1.85. The number of halogens is 1. The van der Waals surface area contributed by atoms with E-state index in [1.165, 1.54) is 6.07 Å². The Kier molecular flexibility index (Phi) is 2.23. The van der Waals surface area contributed by atoms with Crippen LogP contribution in [0.15, 0.2) is 40.8 Å². The molecule has 14 heavy (non-hydrogen) atoms. The molecule has 0 saturated carbocycles. The van der Waals surface area contributed by atoms with Crippen molar-refractivity contribution in [2.24, 2.45) is 0 Å². The van der Waals surface area contributed by atoms with Crippen LogP contribution in [0.25, 0.3) is 11.3 Å². The van der Waals surface area contributed by atoms with E-state index in [4.69, 9.17) is 4.42 Å². The van der Waals surface area contributed by atoms with Gasteiger partial charge in [0.15, 0.2) is 0 Å². The first-order valence-electron chi connectivity index (χ1n) is 4.33. The molecule has 1 heterocycles. The zero-order valence-electron chi connectivity index (χ0n) is 7.75. The van der Waals surface area contributed by atoms with E-state index in [-0.39, 0.29) is 0 Å². The maximum Gasteiger partial charge on any atom is 0.278 e. The molecule has 1 N–H and O–H groups in total. The lowest BCUT2D eigenvalue weighted by Gasteiger charge is -2.00. The van der Waals surface area contributed by atoms with Crippen LogP contribution in [0.5, 0.6) is 0 Å². The van der Waals surface area contributed by atoms with Crippen LogP contribution in [0.4, 0.5) is 10.1 Å². The molecular formula is C11H10FNO. The molecule has 0 aliphatic carbocycles. The minimum atomic E-state index is -0.558. The quantitative estimate of drug-likeness (QED) is 0.788. The molecule has 3 heteroatoms. The predicted molar refractivity (Wildman–Crippen MR) is 53.6 cm³/mol. The Labute approximate surface area is 81.4 Å². The molecule has 0 aliphatic rings. The van der Waals surface area contributed by atoms with Crippen molar-refractivity contribution < 1.29 is 8.81 Å². The molecule has 1 aromatic heterocycles. The Hall–Kier alpha value is -1.77. The van der Waals surface area contributed by atoms with Gasteiger partial charge in [0.05, 0.1) is 0 Å². The number of benzene rings is 1. The Morgan fingerprint density at radius 1 is 1.07 bits per heavy atom. The number of rotatable bonds is 2. The summed E-state index contributed by atoms with van der Waals surface area (Å²) in [6.07, 6.45) is 0. The lowest BCUT2D eigenvalue weighted by atomic mass is 10.1. The highest BCUT2D eigenvalue weighted by Crippen LogP contribution is 2.22. The Morgan fingerprint density at radius 2 is 1.79 bits per heavy atom. The third-order valence-electron chi connectivity index (χ3n) is 2.03. The summed E-state index contributed by atoms with van der Waals surface area (Å²) in [6, 6.07) is 9.95. The average Bonchev–Trinajstić information content (AvgIpc) is 2.65. The minimum Gasteiger partial charge on any atom is -0.431 e. The van der Waals surface area contributed by atoms with Gasteiger partial charge in [-0.1, -0.05) is 0 Å². The molecule has 0 amide bonds. The van der Waals surface area contributed by atoms with Crippen molar-refractivity contribution in [1.29, 1.82) is 0 Å². The highest BCUT2D eigenvalue weighted by atomic mass is 19.1. The Balaban J connectivity index is 2.33. The SMILES string of the molecule is CNc1ccc(-c2ccc(F)o2)cc1. The fraction of sp³-hybridized carbons (Fsp3) is 0.0909. The van der Waals surface area contributed by atoms with Gasteiger partial charge in [-0.2, -0.15) is 4.39 Å². The van der Waals surface area contributed by atoms with Gasteiger partial charge in [-0.3, -0.25) is 0 Å². The summed E-state index contributed by atoms with van der Waals surface area (Å²) in [6.45, 7) is 0. The second-order valence-corrected chi connectivity index (χ2v) is 2.93. The van der Waals surface area contributed by atoms with Crippen molar-refractivity contribution in [2.45, 2.75) is 0 Å². The maximum atomic E-state index is 12.6. The van der Waals surface area contributed by atoms with Crippen LogP contribution in [0, 0.1) is 6.01 Å². The van der Waals surface area contributed by atoms with Crippen LogP contribution >= 0.6 is 0 Å². The van der Waals surface area contributed by atoms with Crippen molar-refractivity contribution in [2.75, 3.05) is 12.4 Å². The van der Waals surface area contributed by atoms with Gasteiger partial charge in [0.1, 0.15) is 5.76 Å². The molecule has 0 saturated heterocycles. The zero-order chi connectivity index (χ0) is 9.97. The van der Waals surface area contributed by atoms with Gasteiger partial charge in [0, 0.05) is 24.4 Å². The third kappa shape index (κ3) is 1.62. The molecule has 2 rings (SSSR count). The number of anilines is 1. The van der Waals surface area contributed by atoms with Gasteiger partial charge in [-0.25, -0.2) is 0 Å². The van der Waals surface area contributed by atoms with E-state index in [2.05, 4.69) is 5.32 Å². The van der Waals surface area contributed by atoms with E-state index in [9.17, 15) is 4.39 Å². The van der Waals surface area contributed by atoms with Crippen LogP contribution in [0.2, 0.25) is 0 Å². The molecule has 0 radical (unpaired) electrons. The van der Waals surface area contributed by atoms with Gasteiger partial charge >= 0.3 is 0 Å². The predicted octanol–water partition coefficient (Wildman–Crippen LogP) is 3.13. The van der Waals surface area contributed by atoms with Crippen LogP contribution < -0.4 is 5.32 Å². The first-order chi connectivity index (χ1) is 6.79. The molecule has 0 bridgehead atoms. The van der Waals surface area contributed by atoms with E-state index < -0.39 is 6.01 Å². The molecule has 0 spiro atoms. The summed E-state index contributed by atoms with van der Waals surface area (Å²) in [4.78, 5) is 0. The molecule has 72 valence electrons. The second-order valence-electron chi connectivity index (χ2n) is 2.93. The molecule has 2 nitrogen and oxygen atoms in total. The largest absolute Gasteiger partial charge is 0.431 e. The van der Waals surface area contributed by atoms with Crippen LogP contribution in [-0.2, 0) is 0 Å². The van der Waals surface area contributed by atoms with Crippen LogP contribution in [0.3, 0.4) is 0 Å². The number of furan rings is 1. The van der Waals surface area contributed by atoms with Gasteiger partial charge in [0.2, 0.25) is 0 Å². The third-order valence-corrected chi connectivity index (χ3v) is 2.03. The molecule has 1 aromatic carbocycles. The first kappa shape index (κ1) is 8.81. The van der Waals surface area contributed by atoms with Crippen LogP contribution in [-0.4, -0.2) is 7.05 Å². The van der Waals surface area contributed by atoms with Crippen molar-refractivity contribution in [3.63, 3.8) is 0 Å². The van der Waals surface area contributed by atoms with E-state index >= 15 is 0 Å². The summed E-state index contributed by atoms with van der Waals surface area (Å²) in [5.41, 5.74) is 1.88. The van der Waals surface area contributed by atoms with Crippen LogP contribution in [0.1, 0.15) is 0 Å². The van der Waals surface area contributed by atoms with Crippen molar-refractivity contribution in [1.82, 2.24) is 0 Å². The highest BCUT2D eigenvalue weighted by Gasteiger charge is 2.03. The maximum absolute atomic E-state index is 12.6. The van der Waals surface area contributed by atoms with Gasteiger partial charge < -0.3 is 9.73 Å². The first-order valence-corrected chi connectivity index (χ1v) is 4.33. The molecule has 2 aromatic rings. The topological polar surface area (TPSA) is 25.2 Å². The standard InChI is InChI=1S/C11H10FNO/c1-13-9-4-2-8(3-5-9)10-6-7-11(12)14-10/h2-7,13H,1H3.